The molecule has 0 saturated heterocycles. The van der Waals surface area contributed by atoms with Crippen LogP contribution in [0.5, 0.6) is 11.5 Å². The summed E-state index contributed by atoms with van der Waals surface area (Å²) in [5.74, 6) is 1.72. The van der Waals surface area contributed by atoms with Crippen LogP contribution in [0.3, 0.4) is 0 Å². The molecule has 190 valence electrons. The molecule has 4 heteroatoms. The van der Waals surface area contributed by atoms with E-state index >= 15 is 0 Å². The van der Waals surface area contributed by atoms with Crippen LogP contribution in [0.2, 0.25) is 0 Å². The summed E-state index contributed by atoms with van der Waals surface area (Å²) in [7, 11) is 0. The molecule has 2 aromatic rings. The average Bonchev–Trinajstić information content (AvgIpc) is 2.87. The van der Waals surface area contributed by atoms with Crippen LogP contribution in [0.15, 0.2) is 36.7 Å². The second-order valence-corrected chi connectivity index (χ2v) is 9.40. The first-order valence-corrected chi connectivity index (χ1v) is 14.0. The molecule has 0 spiro atoms. The fraction of sp³-hybridized carbons (Fsp3) is 0.667. The van der Waals surface area contributed by atoms with Crippen molar-refractivity contribution in [2.24, 2.45) is 0 Å². The maximum atomic E-state index is 5.98. The zero-order chi connectivity index (χ0) is 24.1. The molecule has 34 heavy (non-hydrogen) atoms. The molecule has 0 aliphatic carbocycles. The SMILES string of the molecule is CCCCCCCCCCOc1ccnc(-c2cc(OCCCCCCCCCC)ccn2)c1. The summed E-state index contributed by atoms with van der Waals surface area (Å²) in [6.07, 6.45) is 24.5. The smallest absolute Gasteiger partial charge is 0.123 e. The molecule has 0 atom stereocenters. The van der Waals surface area contributed by atoms with Gasteiger partial charge in [0, 0.05) is 24.5 Å². The molecule has 0 aromatic carbocycles. The lowest BCUT2D eigenvalue weighted by Gasteiger charge is -2.09. The standard InChI is InChI=1S/C30H48N2O2/c1-3-5-7-9-11-13-15-17-23-33-27-19-21-31-29(25-27)30-26-28(20-22-32-30)34-24-18-16-14-12-10-8-6-4-2/h19-22,25-26H,3-18,23-24H2,1-2H3. The van der Waals surface area contributed by atoms with E-state index in [1.165, 1.54) is 89.9 Å². The molecule has 2 heterocycles. The first kappa shape index (κ1) is 28.1. The minimum Gasteiger partial charge on any atom is -0.493 e. The van der Waals surface area contributed by atoms with Crippen molar-refractivity contribution in [3.05, 3.63) is 36.7 Å². The molecule has 0 N–H and O–H groups in total. The molecule has 0 bridgehead atoms. The Balaban J connectivity index is 1.66. The number of pyridine rings is 2. The van der Waals surface area contributed by atoms with E-state index in [0.717, 1.165) is 48.9 Å². The van der Waals surface area contributed by atoms with Gasteiger partial charge in [0.1, 0.15) is 11.5 Å². The van der Waals surface area contributed by atoms with Gasteiger partial charge in [0.25, 0.3) is 0 Å². The van der Waals surface area contributed by atoms with E-state index in [0.29, 0.717) is 0 Å². The predicted octanol–water partition coefficient (Wildman–Crippen LogP) is 9.18. The second kappa shape index (κ2) is 19.2. The van der Waals surface area contributed by atoms with Crippen LogP contribution in [-0.4, -0.2) is 23.2 Å². The minimum atomic E-state index is 0.758. The Hall–Kier alpha value is -2.10. The van der Waals surface area contributed by atoms with Crippen LogP contribution in [0.25, 0.3) is 11.4 Å². The van der Waals surface area contributed by atoms with Crippen molar-refractivity contribution in [3.8, 4) is 22.9 Å². The summed E-state index contributed by atoms with van der Waals surface area (Å²) in [4.78, 5) is 8.99. The Morgan fingerprint density at radius 3 is 1.24 bits per heavy atom. The van der Waals surface area contributed by atoms with Crippen molar-refractivity contribution in [2.75, 3.05) is 13.2 Å². The first-order chi connectivity index (χ1) is 16.8. The molecule has 0 amide bonds. The van der Waals surface area contributed by atoms with E-state index in [2.05, 4.69) is 23.8 Å². The van der Waals surface area contributed by atoms with E-state index in [-0.39, 0.29) is 0 Å². The Bertz CT molecular complexity index is 687. The normalized spacial score (nSPS) is 11.0. The van der Waals surface area contributed by atoms with Crippen LogP contribution in [0.4, 0.5) is 0 Å². The number of ether oxygens (including phenoxy) is 2. The van der Waals surface area contributed by atoms with Crippen LogP contribution >= 0.6 is 0 Å². The number of hydrogen-bond acceptors (Lipinski definition) is 4. The van der Waals surface area contributed by atoms with Crippen molar-refractivity contribution in [3.63, 3.8) is 0 Å². The maximum Gasteiger partial charge on any atom is 0.123 e. The number of hydrogen-bond donors (Lipinski definition) is 0. The topological polar surface area (TPSA) is 44.2 Å². The van der Waals surface area contributed by atoms with Crippen LogP contribution in [-0.2, 0) is 0 Å². The molecular formula is C30H48N2O2. The monoisotopic (exact) mass is 468 g/mol. The van der Waals surface area contributed by atoms with Gasteiger partial charge in [-0.05, 0) is 25.0 Å². The molecule has 0 radical (unpaired) electrons. The molecule has 0 saturated carbocycles. The van der Waals surface area contributed by atoms with E-state index < -0.39 is 0 Å². The number of rotatable bonds is 21. The van der Waals surface area contributed by atoms with Gasteiger partial charge in [0.15, 0.2) is 0 Å². The molecule has 2 aromatic heterocycles. The van der Waals surface area contributed by atoms with Crippen LogP contribution in [0, 0.1) is 0 Å². The van der Waals surface area contributed by atoms with Gasteiger partial charge in [-0.25, -0.2) is 0 Å². The number of nitrogens with zero attached hydrogens (tertiary/aromatic N) is 2. The summed E-state index contributed by atoms with van der Waals surface area (Å²) >= 11 is 0. The lowest BCUT2D eigenvalue weighted by molar-refractivity contribution is 0.303. The van der Waals surface area contributed by atoms with E-state index in [1.807, 2.05) is 24.3 Å². The Morgan fingerprint density at radius 1 is 0.500 bits per heavy atom. The zero-order valence-corrected chi connectivity index (χ0v) is 21.9. The quantitative estimate of drug-likeness (QED) is 0.171. The third-order valence-electron chi connectivity index (χ3n) is 6.26. The van der Waals surface area contributed by atoms with E-state index in [1.54, 1.807) is 12.4 Å². The number of unbranched alkanes of at least 4 members (excludes halogenated alkanes) is 14. The molecule has 2 rings (SSSR count). The zero-order valence-electron chi connectivity index (χ0n) is 21.9. The van der Waals surface area contributed by atoms with Crippen molar-refractivity contribution in [1.29, 1.82) is 0 Å². The molecule has 0 unspecified atom stereocenters. The second-order valence-electron chi connectivity index (χ2n) is 9.40. The highest BCUT2D eigenvalue weighted by Crippen LogP contribution is 2.23. The highest BCUT2D eigenvalue weighted by molar-refractivity contribution is 5.57. The third-order valence-corrected chi connectivity index (χ3v) is 6.26. The van der Waals surface area contributed by atoms with Gasteiger partial charge in [0.2, 0.25) is 0 Å². The van der Waals surface area contributed by atoms with Crippen LogP contribution < -0.4 is 9.47 Å². The van der Waals surface area contributed by atoms with Crippen molar-refractivity contribution < 1.29 is 9.47 Å². The van der Waals surface area contributed by atoms with E-state index in [9.17, 15) is 0 Å². The Labute approximate surface area is 208 Å². The largest absolute Gasteiger partial charge is 0.493 e. The average molecular weight is 469 g/mol. The number of aromatic nitrogens is 2. The molecule has 0 aliphatic rings. The lowest BCUT2D eigenvalue weighted by Crippen LogP contribution is -1.99. The third kappa shape index (κ3) is 13.0. The molecule has 4 nitrogen and oxygen atoms in total. The van der Waals surface area contributed by atoms with Gasteiger partial charge in [-0.3, -0.25) is 9.97 Å². The van der Waals surface area contributed by atoms with Gasteiger partial charge < -0.3 is 9.47 Å². The van der Waals surface area contributed by atoms with Gasteiger partial charge in [-0.15, -0.1) is 0 Å². The first-order valence-electron chi connectivity index (χ1n) is 14.0. The Morgan fingerprint density at radius 2 is 0.853 bits per heavy atom. The minimum absolute atomic E-state index is 0.758. The van der Waals surface area contributed by atoms with Crippen molar-refractivity contribution in [2.45, 2.75) is 117 Å². The lowest BCUT2D eigenvalue weighted by atomic mass is 10.1. The Kier molecular flexibility index (Phi) is 15.9. The summed E-state index contributed by atoms with van der Waals surface area (Å²) in [5, 5.41) is 0. The summed E-state index contributed by atoms with van der Waals surface area (Å²) in [6.45, 7) is 6.05. The highest BCUT2D eigenvalue weighted by atomic mass is 16.5. The predicted molar refractivity (Wildman–Crippen MR) is 144 cm³/mol. The maximum absolute atomic E-state index is 5.98. The molecule has 0 aliphatic heterocycles. The highest BCUT2D eigenvalue weighted by Gasteiger charge is 2.06. The molecule has 0 fully saturated rings. The summed E-state index contributed by atoms with van der Waals surface area (Å²) in [5.41, 5.74) is 1.65. The molecular weight excluding hydrogens is 420 g/mol. The fourth-order valence-corrected chi connectivity index (χ4v) is 4.13. The van der Waals surface area contributed by atoms with Gasteiger partial charge in [0.05, 0.1) is 24.6 Å². The van der Waals surface area contributed by atoms with Gasteiger partial charge in [-0.2, -0.15) is 0 Å². The fourth-order valence-electron chi connectivity index (χ4n) is 4.13. The summed E-state index contributed by atoms with van der Waals surface area (Å²) in [6, 6.07) is 7.82. The van der Waals surface area contributed by atoms with E-state index in [4.69, 9.17) is 9.47 Å². The van der Waals surface area contributed by atoms with Crippen molar-refractivity contribution >= 4 is 0 Å². The summed E-state index contributed by atoms with van der Waals surface area (Å²) < 4.78 is 12.0. The van der Waals surface area contributed by atoms with Crippen LogP contribution in [0.1, 0.15) is 117 Å². The van der Waals surface area contributed by atoms with Gasteiger partial charge >= 0.3 is 0 Å². The van der Waals surface area contributed by atoms with Crippen molar-refractivity contribution in [1.82, 2.24) is 9.97 Å². The van der Waals surface area contributed by atoms with Gasteiger partial charge in [-0.1, -0.05) is 104 Å².